The molecular formula is C14H18N4. The van der Waals surface area contributed by atoms with Crippen LogP contribution in [0.3, 0.4) is 0 Å². The van der Waals surface area contributed by atoms with E-state index in [1.54, 1.807) is 6.20 Å². The average Bonchev–Trinajstić information content (AvgIpc) is 2.38. The second-order valence-corrected chi connectivity index (χ2v) is 4.31. The fourth-order valence-electron chi connectivity index (χ4n) is 1.91. The summed E-state index contributed by atoms with van der Waals surface area (Å²) in [5.74, 6) is 0. The molecule has 0 amide bonds. The highest BCUT2D eigenvalue weighted by atomic mass is 14.9. The van der Waals surface area contributed by atoms with Crippen molar-refractivity contribution in [1.29, 1.82) is 0 Å². The Balaban J connectivity index is 2.40. The number of aromatic nitrogens is 3. The molecule has 0 aromatic carbocycles. The van der Waals surface area contributed by atoms with Crippen LogP contribution in [-0.4, -0.2) is 21.5 Å². The van der Waals surface area contributed by atoms with E-state index in [1.165, 1.54) is 5.56 Å². The summed E-state index contributed by atoms with van der Waals surface area (Å²) in [5, 5.41) is 3.43. The van der Waals surface area contributed by atoms with Gasteiger partial charge in [-0.05, 0) is 37.6 Å². The molecule has 0 aliphatic heterocycles. The van der Waals surface area contributed by atoms with E-state index in [-0.39, 0.29) is 6.04 Å². The third-order valence-electron chi connectivity index (χ3n) is 2.90. The molecule has 0 spiro atoms. The van der Waals surface area contributed by atoms with Gasteiger partial charge in [-0.1, -0.05) is 6.92 Å². The molecule has 0 fully saturated rings. The first-order valence-corrected chi connectivity index (χ1v) is 6.14. The van der Waals surface area contributed by atoms with Crippen LogP contribution in [-0.2, 0) is 0 Å². The van der Waals surface area contributed by atoms with Gasteiger partial charge in [-0.15, -0.1) is 0 Å². The number of pyridine rings is 1. The van der Waals surface area contributed by atoms with Crippen molar-refractivity contribution >= 4 is 0 Å². The Morgan fingerprint density at radius 2 is 2.00 bits per heavy atom. The van der Waals surface area contributed by atoms with Crippen molar-refractivity contribution in [2.75, 3.05) is 6.54 Å². The second-order valence-electron chi connectivity index (χ2n) is 4.31. The molecule has 4 heteroatoms. The molecule has 0 saturated heterocycles. The quantitative estimate of drug-likeness (QED) is 0.893. The minimum absolute atomic E-state index is 0.0526. The van der Waals surface area contributed by atoms with Gasteiger partial charge >= 0.3 is 0 Å². The van der Waals surface area contributed by atoms with Gasteiger partial charge in [0.15, 0.2) is 0 Å². The maximum Gasteiger partial charge on any atom is 0.0802 e. The molecule has 0 aliphatic rings. The van der Waals surface area contributed by atoms with Crippen molar-refractivity contribution in [3.63, 3.8) is 0 Å². The minimum atomic E-state index is 0.0526. The molecule has 18 heavy (non-hydrogen) atoms. The van der Waals surface area contributed by atoms with Crippen molar-refractivity contribution in [3.05, 3.63) is 53.4 Å². The largest absolute Gasteiger partial charge is 0.305 e. The summed E-state index contributed by atoms with van der Waals surface area (Å²) < 4.78 is 0. The maximum atomic E-state index is 4.46. The van der Waals surface area contributed by atoms with Crippen LogP contribution in [0, 0.1) is 13.8 Å². The summed E-state index contributed by atoms with van der Waals surface area (Å²) in [7, 11) is 0. The predicted octanol–water partition coefficient (Wildman–Crippen LogP) is 2.19. The molecule has 2 heterocycles. The van der Waals surface area contributed by atoms with Gasteiger partial charge < -0.3 is 5.32 Å². The van der Waals surface area contributed by atoms with Crippen LogP contribution in [0.15, 0.2) is 30.9 Å². The van der Waals surface area contributed by atoms with Crippen LogP contribution in [0.5, 0.6) is 0 Å². The van der Waals surface area contributed by atoms with E-state index in [0.29, 0.717) is 0 Å². The first-order valence-electron chi connectivity index (χ1n) is 6.14. The van der Waals surface area contributed by atoms with E-state index in [4.69, 9.17) is 0 Å². The van der Waals surface area contributed by atoms with E-state index in [9.17, 15) is 0 Å². The van der Waals surface area contributed by atoms with Crippen molar-refractivity contribution in [1.82, 2.24) is 20.3 Å². The topological polar surface area (TPSA) is 50.7 Å². The zero-order valence-electron chi connectivity index (χ0n) is 11.0. The van der Waals surface area contributed by atoms with E-state index >= 15 is 0 Å². The molecule has 1 unspecified atom stereocenters. The number of rotatable bonds is 4. The lowest BCUT2D eigenvalue weighted by Gasteiger charge is -2.19. The number of nitrogens with zero attached hydrogens (tertiary/aromatic N) is 3. The molecule has 0 bridgehead atoms. The molecule has 94 valence electrons. The fourth-order valence-corrected chi connectivity index (χ4v) is 1.91. The van der Waals surface area contributed by atoms with Crippen LogP contribution >= 0.6 is 0 Å². The first kappa shape index (κ1) is 12.6. The highest BCUT2D eigenvalue weighted by Crippen LogP contribution is 2.21. The Labute approximate surface area is 108 Å². The van der Waals surface area contributed by atoms with Gasteiger partial charge in [0.25, 0.3) is 0 Å². The van der Waals surface area contributed by atoms with Crippen molar-refractivity contribution in [3.8, 4) is 0 Å². The maximum absolute atomic E-state index is 4.46. The van der Waals surface area contributed by atoms with Gasteiger partial charge in [-0.2, -0.15) is 0 Å². The van der Waals surface area contributed by atoms with Gasteiger partial charge in [0.1, 0.15) is 0 Å². The number of hydrogen-bond donors (Lipinski definition) is 1. The Hall–Kier alpha value is -1.81. The molecule has 2 aromatic heterocycles. The van der Waals surface area contributed by atoms with E-state index in [2.05, 4.69) is 34.1 Å². The molecule has 2 aromatic rings. The molecule has 0 aliphatic carbocycles. The van der Waals surface area contributed by atoms with Gasteiger partial charge in [-0.25, -0.2) is 0 Å². The van der Waals surface area contributed by atoms with Crippen molar-refractivity contribution in [2.45, 2.75) is 26.8 Å². The summed E-state index contributed by atoms with van der Waals surface area (Å²) in [4.78, 5) is 13.0. The number of aryl methyl sites for hydroxylation is 2. The fraction of sp³-hybridized carbons (Fsp3) is 0.357. The summed E-state index contributed by atoms with van der Waals surface area (Å²) >= 11 is 0. The van der Waals surface area contributed by atoms with Crippen LogP contribution < -0.4 is 5.32 Å². The molecule has 0 radical (unpaired) electrons. The SMILES string of the molecule is CCNC(c1cnc(C)cn1)c1cnccc1C. The van der Waals surface area contributed by atoms with Gasteiger partial charge in [0, 0.05) is 18.6 Å². The monoisotopic (exact) mass is 242 g/mol. The van der Waals surface area contributed by atoms with Gasteiger partial charge in [0.2, 0.25) is 0 Å². The molecule has 0 saturated carbocycles. The zero-order chi connectivity index (χ0) is 13.0. The van der Waals surface area contributed by atoms with Crippen LogP contribution in [0.2, 0.25) is 0 Å². The highest BCUT2D eigenvalue weighted by Gasteiger charge is 2.16. The lowest BCUT2D eigenvalue weighted by molar-refractivity contribution is 0.607. The lowest BCUT2D eigenvalue weighted by Crippen LogP contribution is -2.24. The average molecular weight is 242 g/mol. The predicted molar refractivity (Wildman–Crippen MR) is 71.3 cm³/mol. The Morgan fingerprint density at radius 1 is 1.17 bits per heavy atom. The van der Waals surface area contributed by atoms with Crippen molar-refractivity contribution in [2.24, 2.45) is 0 Å². The van der Waals surface area contributed by atoms with E-state index in [1.807, 2.05) is 31.6 Å². The molecule has 1 N–H and O–H groups in total. The second kappa shape index (κ2) is 5.69. The normalized spacial score (nSPS) is 12.4. The standard InChI is InChI=1S/C14H18N4/c1-4-16-14(12-8-15-6-5-10(12)2)13-9-17-11(3)7-18-13/h5-9,14,16H,4H2,1-3H3. The smallest absolute Gasteiger partial charge is 0.0802 e. The Bertz CT molecular complexity index is 507. The highest BCUT2D eigenvalue weighted by molar-refractivity contribution is 5.31. The Kier molecular flexibility index (Phi) is 3.99. The number of hydrogen-bond acceptors (Lipinski definition) is 4. The number of nitrogens with one attached hydrogen (secondary N) is 1. The third-order valence-corrected chi connectivity index (χ3v) is 2.90. The summed E-state index contributed by atoms with van der Waals surface area (Å²) in [6, 6.07) is 2.07. The molecular weight excluding hydrogens is 224 g/mol. The van der Waals surface area contributed by atoms with Gasteiger partial charge in [0.05, 0.1) is 23.6 Å². The first-order chi connectivity index (χ1) is 8.72. The zero-order valence-corrected chi connectivity index (χ0v) is 11.0. The van der Waals surface area contributed by atoms with E-state index in [0.717, 1.165) is 23.5 Å². The summed E-state index contributed by atoms with van der Waals surface area (Å²) in [6.07, 6.45) is 7.33. The lowest BCUT2D eigenvalue weighted by atomic mass is 10.0. The molecule has 4 nitrogen and oxygen atoms in total. The van der Waals surface area contributed by atoms with Crippen LogP contribution in [0.4, 0.5) is 0 Å². The van der Waals surface area contributed by atoms with E-state index < -0.39 is 0 Å². The minimum Gasteiger partial charge on any atom is -0.305 e. The summed E-state index contributed by atoms with van der Waals surface area (Å²) in [5.41, 5.74) is 4.21. The van der Waals surface area contributed by atoms with Crippen LogP contribution in [0.25, 0.3) is 0 Å². The molecule has 2 rings (SSSR count). The van der Waals surface area contributed by atoms with Crippen molar-refractivity contribution < 1.29 is 0 Å². The summed E-state index contributed by atoms with van der Waals surface area (Å²) in [6.45, 7) is 6.98. The van der Waals surface area contributed by atoms with Gasteiger partial charge in [-0.3, -0.25) is 15.0 Å². The third kappa shape index (κ3) is 2.71. The van der Waals surface area contributed by atoms with Crippen LogP contribution in [0.1, 0.15) is 35.5 Å². The molecule has 1 atom stereocenters. The Morgan fingerprint density at radius 3 is 2.61 bits per heavy atom.